The Morgan fingerprint density at radius 2 is 2.10 bits per heavy atom. The molecule has 0 fully saturated rings. The van der Waals surface area contributed by atoms with E-state index in [9.17, 15) is 4.79 Å². The Morgan fingerprint density at radius 1 is 1.35 bits per heavy atom. The van der Waals surface area contributed by atoms with E-state index in [4.69, 9.17) is 0 Å². The van der Waals surface area contributed by atoms with Crippen molar-refractivity contribution in [1.82, 2.24) is 5.32 Å². The summed E-state index contributed by atoms with van der Waals surface area (Å²) in [6, 6.07) is 10.4. The standard InChI is InChI=1S/C17H25NOSe/c1-3-5-8-13-16(17(19)18-14-6-4-2)20-15-11-9-7-10-12-15/h3,7,9-12,16H,1,4-6,8,13-14H2,2H3,(H,18,19). The molecule has 0 radical (unpaired) electrons. The van der Waals surface area contributed by atoms with Gasteiger partial charge >= 0.3 is 129 Å². The van der Waals surface area contributed by atoms with Gasteiger partial charge in [0.15, 0.2) is 0 Å². The number of amides is 1. The van der Waals surface area contributed by atoms with Gasteiger partial charge in [-0.15, -0.1) is 0 Å². The SMILES string of the molecule is C=CCCCC([Se]c1ccccc1)C(=O)NCCCC. The van der Waals surface area contributed by atoms with E-state index in [2.05, 4.69) is 31.0 Å². The van der Waals surface area contributed by atoms with E-state index in [0.717, 1.165) is 38.6 Å². The molecule has 0 saturated heterocycles. The first kappa shape index (κ1) is 17.0. The molecule has 0 aliphatic rings. The summed E-state index contributed by atoms with van der Waals surface area (Å²) in [5.74, 6) is 0.228. The summed E-state index contributed by atoms with van der Waals surface area (Å²) < 4.78 is 1.30. The Balaban J connectivity index is 2.54. The molecular weight excluding hydrogens is 313 g/mol. The second-order valence-electron chi connectivity index (χ2n) is 4.78. The molecular formula is C17H25NOSe. The van der Waals surface area contributed by atoms with Gasteiger partial charge in [-0.3, -0.25) is 0 Å². The minimum atomic E-state index is 0.140. The number of nitrogens with one attached hydrogen (secondary N) is 1. The Morgan fingerprint density at radius 3 is 2.75 bits per heavy atom. The summed E-state index contributed by atoms with van der Waals surface area (Å²) >= 11 is 0.207. The van der Waals surface area contributed by atoms with E-state index in [1.807, 2.05) is 24.3 Å². The van der Waals surface area contributed by atoms with Crippen LogP contribution in [0.5, 0.6) is 0 Å². The van der Waals surface area contributed by atoms with Gasteiger partial charge in [-0.25, -0.2) is 0 Å². The van der Waals surface area contributed by atoms with Gasteiger partial charge in [-0.1, -0.05) is 0 Å². The molecule has 0 saturated carbocycles. The molecule has 0 aliphatic carbocycles. The van der Waals surface area contributed by atoms with Crippen molar-refractivity contribution in [3.8, 4) is 0 Å². The van der Waals surface area contributed by atoms with Crippen molar-refractivity contribution in [1.29, 1.82) is 0 Å². The van der Waals surface area contributed by atoms with Crippen LogP contribution in [0.3, 0.4) is 0 Å². The van der Waals surface area contributed by atoms with Gasteiger partial charge in [0.05, 0.1) is 0 Å². The predicted molar refractivity (Wildman–Crippen MR) is 87.5 cm³/mol. The number of allylic oxidation sites excluding steroid dienone is 1. The van der Waals surface area contributed by atoms with Gasteiger partial charge in [0, 0.05) is 0 Å². The number of carbonyl (C=O) groups excluding carboxylic acids is 1. The zero-order chi connectivity index (χ0) is 14.6. The van der Waals surface area contributed by atoms with E-state index in [-0.39, 0.29) is 25.7 Å². The third kappa shape index (κ3) is 6.93. The molecule has 1 aromatic rings. The molecule has 2 nitrogen and oxygen atoms in total. The summed E-state index contributed by atoms with van der Waals surface area (Å²) in [5, 5.41) is 3.08. The second kappa shape index (κ2) is 10.7. The van der Waals surface area contributed by atoms with Crippen LogP contribution in [0.1, 0.15) is 39.0 Å². The van der Waals surface area contributed by atoms with Crippen molar-refractivity contribution in [3.05, 3.63) is 43.0 Å². The maximum absolute atomic E-state index is 12.3. The fourth-order valence-corrected chi connectivity index (χ4v) is 4.20. The van der Waals surface area contributed by atoms with Gasteiger partial charge in [0.25, 0.3) is 0 Å². The van der Waals surface area contributed by atoms with Crippen LogP contribution >= 0.6 is 0 Å². The minimum absolute atomic E-state index is 0.140. The van der Waals surface area contributed by atoms with Crippen molar-refractivity contribution in [2.24, 2.45) is 0 Å². The number of carbonyl (C=O) groups is 1. The van der Waals surface area contributed by atoms with Crippen molar-refractivity contribution in [2.45, 2.75) is 43.8 Å². The Bertz CT molecular complexity index is 391. The molecule has 1 N–H and O–H groups in total. The van der Waals surface area contributed by atoms with Crippen LogP contribution in [0.25, 0.3) is 0 Å². The topological polar surface area (TPSA) is 29.1 Å². The number of unbranched alkanes of at least 4 members (excludes halogenated alkanes) is 2. The van der Waals surface area contributed by atoms with Crippen LogP contribution in [0, 0.1) is 0 Å². The molecule has 0 bridgehead atoms. The summed E-state index contributed by atoms with van der Waals surface area (Å²) in [4.78, 5) is 12.4. The zero-order valence-electron chi connectivity index (χ0n) is 12.3. The molecule has 1 atom stereocenters. The molecule has 1 rings (SSSR count). The number of benzene rings is 1. The van der Waals surface area contributed by atoms with Crippen molar-refractivity contribution in [3.63, 3.8) is 0 Å². The van der Waals surface area contributed by atoms with Crippen LogP contribution in [-0.2, 0) is 4.79 Å². The molecule has 20 heavy (non-hydrogen) atoms. The third-order valence-electron chi connectivity index (χ3n) is 3.02. The van der Waals surface area contributed by atoms with E-state index >= 15 is 0 Å². The van der Waals surface area contributed by atoms with Crippen LogP contribution in [0.4, 0.5) is 0 Å². The molecule has 0 aromatic heterocycles. The summed E-state index contributed by atoms with van der Waals surface area (Å²) in [7, 11) is 0. The van der Waals surface area contributed by atoms with Crippen LogP contribution in [0.15, 0.2) is 43.0 Å². The first-order valence-corrected chi connectivity index (χ1v) is 9.22. The fraction of sp³-hybridized carbons (Fsp3) is 0.471. The summed E-state index contributed by atoms with van der Waals surface area (Å²) in [6.07, 6.45) is 7.10. The van der Waals surface area contributed by atoms with Crippen molar-refractivity contribution < 1.29 is 4.79 Å². The third-order valence-corrected chi connectivity index (χ3v) is 5.70. The number of hydrogen-bond donors (Lipinski definition) is 1. The first-order chi connectivity index (χ1) is 9.77. The molecule has 0 aliphatic heterocycles. The summed E-state index contributed by atoms with van der Waals surface area (Å²) in [6.45, 7) is 6.70. The molecule has 110 valence electrons. The van der Waals surface area contributed by atoms with Crippen molar-refractivity contribution >= 4 is 25.3 Å². The molecule has 0 heterocycles. The van der Waals surface area contributed by atoms with Crippen molar-refractivity contribution in [2.75, 3.05) is 6.54 Å². The summed E-state index contributed by atoms with van der Waals surface area (Å²) in [5.41, 5.74) is 0. The van der Waals surface area contributed by atoms with Gasteiger partial charge in [-0.05, 0) is 0 Å². The van der Waals surface area contributed by atoms with Gasteiger partial charge in [0.1, 0.15) is 0 Å². The Labute approximate surface area is 129 Å². The van der Waals surface area contributed by atoms with Gasteiger partial charge in [-0.2, -0.15) is 0 Å². The number of rotatable bonds is 10. The predicted octanol–water partition coefficient (Wildman–Crippen LogP) is 3.08. The average molecular weight is 338 g/mol. The van der Waals surface area contributed by atoms with E-state index < -0.39 is 0 Å². The Hall–Kier alpha value is -1.05. The van der Waals surface area contributed by atoms with Crippen LogP contribution < -0.4 is 9.78 Å². The molecule has 1 amide bonds. The normalized spacial score (nSPS) is 11.8. The monoisotopic (exact) mass is 339 g/mol. The molecule has 1 unspecified atom stereocenters. The van der Waals surface area contributed by atoms with Gasteiger partial charge < -0.3 is 0 Å². The maximum atomic E-state index is 12.3. The number of hydrogen-bond acceptors (Lipinski definition) is 1. The molecule has 1 aromatic carbocycles. The van der Waals surface area contributed by atoms with Gasteiger partial charge in [0.2, 0.25) is 0 Å². The zero-order valence-corrected chi connectivity index (χ0v) is 14.0. The molecule has 3 heteroatoms. The second-order valence-corrected chi connectivity index (χ2v) is 7.46. The quantitative estimate of drug-likeness (QED) is 0.396. The first-order valence-electron chi connectivity index (χ1n) is 7.38. The van der Waals surface area contributed by atoms with Crippen LogP contribution in [0.2, 0.25) is 4.82 Å². The van der Waals surface area contributed by atoms with E-state index in [0.29, 0.717) is 0 Å². The molecule has 0 spiro atoms. The fourth-order valence-electron chi connectivity index (χ4n) is 1.86. The average Bonchev–Trinajstić information content (AvgIpc) is 2.47. The Kier molecular flexibility index (Phi) is 9.10. The van der Waals surface area contributed by atoms with Crippen LogP contribution in [-0.4, -0.2) is 27.4 Å². The van der Waals surface area contributed by atoms with E-state index in [1.165, 1.54) is 4.46 Å². The van der Waals surface area contributed by atoms with E-state index in [1.54, 1.807) is 0 Å².